The molecule has 1 heterocycles. The molecule has 0 aromatic heterocycles. The van der Waals surface area contributed by atoms with Crippen LogP contribution in [0.3, 0.4) is 0 Å². The van der Waals surface area contributed by atoms with Gasteiger partial charge in [0.2, 0.25) is 0 Å². The lowest BCUT2D eigenvalue weighted by Crippen LogP contribution is -2.46. The lowest BCUT2D eigenvalue weighted by atomic mass is 9.99. The van der Waals surface area contributed by atoms with E-state index < -0.39 is 4.92 Å². The maximum absolute atomic E-state index is 12.3. The summed E-state index contributed by atoms with van der Waals surface area (Å²) in [5.74, 6) is 0.130. The van der Waals surface area contributed by atoms with Crippen LogP contribution in [-0.4, -0.2) is 40.7 Å². The van der Waals surface area contributed by atoms with E-state index in [1.165, 1.54) is 6.07 Å². The van der Waals surface area contributed by atoms with Gasteiger partial charge in [-0.05, 0) is 38.2 Å². The quantitative estimate of drug-likeness (QED) is 0.657. The Bertz CT molecular complexity index is 591. The maximum atomic E-state index is 12.3. The Balaban J connectivity index is 2.03. The van der Waals surface area contributed by atoms with Gasteiger partial charge in [-0.25, -0.2) is 4.79 Å². The molecule has 126 valence electrons. The fourth-order valence-electron chi connectivity index (χ4n) is 2.85. The van der Waals surface area contributed by atoms with E-state index in [9.17, 15) is 20.0 Å². The van der Waals surface area contributed by atoms with Crippen molar-refractivity contribution in [3.63, 3.8) is 0 Å². The first-order valence-electron chi connectivity index (χ1n) is 7.83. The fourth-order valence-corrected chi connectivity index (χ4v) is 2.85. The van der Waals surface area contributed by atoms with Crippen molar-refractivity contribution in [2.24, 2.45) is 5.92 Å². The van der Waals surface area contributed by atoms with E-state index >= 15 is 0 Å². The second-order valence-electron chi connectivity index (χ2n) is 6.11. The predicted octanol–water partition coefficient (Wildman–Crippen LogP) is 2.38. The first-order valence-corrected chi connectivity index (χ1v) is 7.83. The first kappa shape index (κ1) is 17.2. The number of nitro benzene ring substituents is 1. The van der Waals surface area contributed by atoms with Gasteiger partial charge >= 0.3 is 6.03 Å². The van der Waals surface area contributed by atoms with Gasteiger partial charge in [-0.3, -0.25) is 10.1 Å². The zero-order valence-electron chi connectivity index (χ0n) is 13.5. The van der Waals surface area contributed by atoms with Crippen molar-refractivity contribution in [2.45, 2.75) is 32.7 Å². The van der Waals surface area contributed by atoms with Crippen LogP contribution in [0.1, 0.15) is 36.9 Å². The number of nitro groups is 1. The van der Waals surface area contributed by atoms with Gasteiger partial charge in [-0.2, -0.15) is 0 Å². The van der Waals surface area contributed by atoms with Crippen LogP contribution in [-0.2, 0) is 0 Å². The number of rotatable bonds is 4. The monoisotopic (exact) mass is 321 g/mol. The molecule has 2 atom stereocenters. The number of aliphatic hydroxyl groups is 1. The molecule has 7 heteroatoms. The Morgan fingerprint density at radius 3 is 2.96 bits per heavy atom. The summed E-state index contributed by atoms with van der Waals surface area (Å²) in [7, 11) is 0. The van der Waals surface area contributed by atoms with Crippen LogP contribution >= 0.6 is 0 Å². The molecule has 1 aliphatic rings. The molecule has 0 aliphatic carbocycles. The van der Waals surface area contributed by atoms with Crippen molar-refractivity contribution < 1.29 is 14.8 Å². The number of nitrogens with one attached hydrogen (secondary N) is 1. The van der Waals surface area contributed by atoms with E-state index in [2.05, 4.69) is 5.32 Å². The lowest BCUT2D eigenvalue weighted by molar-refractivity contribution is -0.385. The second kappa shape index (κ2) is 7.41. The standard InChI is InChI=1S/C16H23N3O4/c1-11-5-6-14(8-15(11)19(22)23)12(2)17-16(21)18-7-3-4-13(9-18)10-20/h5-6,8,12-13,20H,3-4,7,9-10H2,1-2H3,(H,17,21)/t12-,13+/m0/s1. The zero-order chi connectivity index (χ0) is 17.0. The molecule has 1 fully saturated rings. The van der Waals surface area contributed by atoms with Crippen molar-refractivity contribution in [1.29, 1.82) is 0 Å². The highest BCUT2D eigenvalue weighted by Crippen LogP contribution is 2.23. The van der Waals surface area contributed by atoms with E-state index in [1.807, 2.05) is 0 Å². The van der Waals surface area contributed by atoms with Crippen molar-refractivity contribution >= 4 is 11.7 Å². The van der Waals surface area contributed by atoms with Crippen LogP contribution in [0.25, 0.3) is 0 Å². The van der Waals surface area contributed by atoms with Crippen molar-refractivity contribution in [1.82, 2.24) is 10.2 Å². The van der Waals surface area contributed by atoms with Crippen molar-refractivity contribution in [3.05, 3.63) is 39.4 Å². The largest absolute Gasteiger partial charge is 0.396 e. The molecule has 7 nitrogen and oxygen atoms in total. The Hall–Kier alpha value is -2.15. The minimum atomic E-state index is -0.413. The summed E-state index contributed by atoms with van der Waals surface area (Å²) in [6.07, 6.45) is 1.81. The molecule has 1 aromatic carbocycles. The van der Waals surface area contributed by atoms with Gasteiger partial charge in [0.15, 0.2) is 0 Å². The van der Waals surface area contributed by atoms with Crippen molar-refractivity contribution in [3.8, 4) is 0 Å². The molecule has 1 aromatic rings. The zero-order valence-corrected chi connectivity index (χ0v) is 13.5. The number of likely N-dealkylation sites (tertiary alicyclic amines) is 1. The summed E-state index contributed by atoms with van der Waals surface area (Å²) in [4.78, 5) is 24.6. The highest BCUT2D eigenvalue weighted by Gasteiger charge is 2.24. The molecule has 1 aliphatic heterocycles. The molecular weight excluding hydrogens is 298 g/mol. The van der Waals surface area contributed by atoms with Crippen LogP contribution in [0, 0.1) is 23.0 Å². The minimum absolute atomic E-state index is 0.0573. The summed E-state index contributed by atoms with van der Waals surface area (Å²) in [5.41, 5.74) is 1.35. The number of carbonyl (C=O) groups excluding carboxylic acids is 1. The number of amides is 2. The summed E-state index contributed by atoms with van der Waals surface area (Å²) in [6.45, 7) is 4.80. The molecule has 0 unspecified atom stereocenters. The van der Waals surface area contributed by atoms with Crippen LogP contribution in [0.4, 0.5) is 10.5 Å². The molecule has 2 amide bonds. The topological polar surface area (TPSA) is 95.7 Å². The van der Waals surface area contributed by atoms with Gasteiger partial charge < -0.3 is 15.3 Å². The second-order valence-corrected chi connectivity index (χ2v) is 6.11. The van der Waals surface area contributed by atoms with Gasteiger partial charge in [0, 0.05) is 31.3 Å². The van der Waals surface area contributed by atoms with Crippen LogP contribution in [0.15, 0.2) is 18.2 Å². The summed E-state index contributed by atoms with van der Waals surface area (Å²) >= 11 is 0. The number of hydrogen-bond acceptors (Lipinski definition) is 4. The molecule has 2 N–H and O–H groups in total. The van der Waals surface area contributed by atoms with Gasteiger partial charge in [-0.15, -0.1) is 0 Å². The van der Waals surface area contributed by atoms with E-state index in [4.69, 9.17) is 0 Å². The van der Waals surface area contributed by atoms with Crippen LogP contribution in [0.5, 0.6) is 0 Å². The third-order valence-corrected chi connectivity index (χ3v) is 4.33. The number of urea groups is 1. The van der Waals surface area contributed by atoms with E-state index in [-0.39, 0.29) is 30.3 Å². The fraction of sp³-hybridized carbons (Fsp3) is 0.562. The molecule has 0 radical (unpaired) electrons. The number of aliphatic hydroxyl groups excluding tert-OH is 1. The third kappa shape index (κ3) is 4.19. The average Bonchev–Trinajstić information content (AvgIpc) is 2.54. The van der Waals surface area contributed by atoms with E-state index in [1.54, 1.807) is 30.9 Å². The van der Waals surface area contributed by atoms with Gasteiger partial charge in [0.25, 0.3) is 5.69 Å². The summed E-state index contributed by atoms with van der Waals surface area (Å²) < 4.78 is 0. The Labute approximate surface area is 135 Å². The Morgan fingerprint density at radius 1 is 1.57 bits per heavy atom. The number of hydrogen-bond donors (Lipinski definition) is 2. The predicted molar refractivity (Wildman–Crippen MR) is 86.2 cm³/mol. The number of carbonyl (C=O) groups is 1. The molecule has 0 spiro atoms. The Kier molecular flexibility index (Phi) is 5.54. The molecule has 0 saturated carbocycles. The molecule has 2 rings (SSSR count). The van der Waals surface area contributed by atoms with Gasteiger partial charge in [0.1, 0.15) is 0 Å². The molecule has 23 heavy (non-hydrogen) atoms. The highest BCUT2D eigenvalue weighted by atomic mass is 16.6. The van der Waals surface area contributed by atoms with Gasteiger partial charge in [0.05, 0.1) is 11.0 Å². The van der Waals surface area contributed by atoms with Crippen LogP contribution < -0.4 is 5.32 Å². The summed E-state index contributed by atoms with van der Waals surface area (Å²) in [6, 6.07) is 4.47. The SMILES string of the molecule is Cc1ccc([C@H](C)NC(=O)N2CCC[C@@H](CO)C2)cc1[N+](=O)[O-]. The third-order valence-electron chi connectivity index (χ3n) is 4.33. The first-order chi connectivity index (χ1) is 10.9. The normalized spacial score (nSPS) is 19.3. The number of piperidine rings is 1. The smallest absolute Gasteiger partial charge is 0.317 e. The number of nitrogens with zero attached hydrogens (tertiary/aromatic N) is 2. The molecule has 0 bridgehead atoms. The number of aryl methyl sites for hydroxylation is 1. The highest BCUT2D eigenvalue weighted by molar-refractivity contribution is 5.74. The molecular formula is C16H23N3O4. The summed E-state index contributed by atoms with van der Waals surface area (Å²) in [5, 5.41) is 23.1. The number of benzene rings is 1. The molecule has 1 saturated heterocycles. The minimum Gasteiger partial charge on any atom is -0.396 e. The van der Waals surface area contributed by atoms with Crippen LogP contribution in [0.2, 0.25) is 0 Å². The van der Waals surface area contributed by atoms with E-state index in [0.717, 1.165) is 12.8 Å². The average molecular weight is 321 g/mol. The lowest BCUT2D eigenvalue weighted by Gasteiger charge is -2.32. The van der Waals surface area contributed by atoms with Gasteiger partial charge in [-0.1, -0.05) is 12.1 Å². The Morgan fingerprint density at radius 2 is 2.30 bits per heavy atom. The maximum Gasteiger partial charge on any atom is 0.317 e. The van der Waals surface area contributed by atoms with E-state index in [0.29, 0.717) is 24.2 Å². The van der Waals surface area contributed by atoms with Crippen molar-refractivity contribution in [2.75, 3.05) is 19.7 Å².